The highest BCUT2D eigenvalue weighted by Crippen LogP contribution is 2.65. The Bertz CT molecular complexity index is 394. The molecule has 0 aromatic carbocycles. The largest absolute Gasteiger partial charge is 0.351 e. The topological polar surface area (TPSA) is 84.2 Å². The molecule has 2 bridgehead atoms. The Morgan fingerprint density at radius 1 is 1.26 bits per heavy atom. The lowest BCUT2D eigenvalue weighted by molar-refractivity contribution is -0.126. The fourth-order valence-corrected chi connectivity index (χ4v) is 3.92. The van der Waals surface area contributed by atoms with Gasteiger partial charge in [0, 0.05) is 6.04 Å². The van der Waals surface area contributed by atoms with Gasteiger partial charge in [0.15, 0.2) is 0 Å². The van der Waals surface area contributed by atoms with Gasteiger partial charge in [-0.3, -0.25) is 9.59 Å². The van der Waals surface area contributed by atoms with Crippen molar-refractivity contribution in [2.75, 3.05) is 13.1 Å². The molecule has 0 radical (unpaired) electrons. The van der Waals surface area contributed by atoms with Crippen LogP contribution in [0.15, 0.2) is 0 Å². The number of nitrogens with two attached hydrogens (primary N) is 1. The molecule has 0 aliphatic heterocycles. The summed E-state index contributed by atoms with van der Waals surface area (Å²) in [5, 5.41) is 5.60. The van der Waals surface area contributed by atoms with Crippen LogP contribution < -0.4 is 16.4 Å². The van der Waals surface area contributed by atoms with Crippen molar-refractivity contribution in [3.05, 3.63) is 0 Å². The van der Waals surface area contributed by atoms with Gasteiger partial charge in [-0.15, -0.1) is 0 Å². The van der Waals surface area contributed by atoms with Gasteiger partial charge in [-0.05, 0) is 36.0 Å². The molecule has 3 unspecified atom stereocenters. The summed E-state index contributed by atoms with van der Waals surface area (Å²) < 4.78 is 0. The zero-order valence-electron chi connectivity index (χ0n) is 12.1. The molecule has 0 aromatic rings. The Morgan fingerprint density at radius 3 is 2.42 bits per heavy atom. The van der Waals surface area contributed by atoms with Crippen LogP contribution in [0, 0.1) is 16.7 Å². The molecule has 2 saturated carbocycles. The fraction of sp³-hybridized carbons (Fsp3) is 0.857. The van der Waals surface area contributed by atoms with Crippen LogP contribution in [-0.2, 0) is 9.59 Å². The van der Waals surface area contributed by atoms with Crippen LogP contribution in [0.1, 0.15) is 40.0 Å². The number of amides is 2. The summed E-state index contributed by atoms with van der Waals surface area (Å²) >= 11 is 0. The zero-order chi connectivity index (χ0) is 14.3. The summed E-state index contributed by atoms with van der Waals surface area (Å²) in [6, 6.07) is 0.225. The van der Waals surface area contributed by atoms with Crippen LogP contribution in [-0.4, -0.2) is 30.9 Å². The molecule has 2 aliphatic carbocycles. The summed E-state index contributed by atoms with van der Waals surface area (Å²) in [5.74, 6) is 0.285. The third kappa shape index (κ3) is 2.24. The van der Waals surface area contributed by atoms with Crippen molar-refractivity contribution in [2.24, 2.45) is 22.5 Å². The average Bonchev–Trinajstić information content (AvgIpc) is 2.69. The van der Waals surface area contributed by atoms with Crippen LogP contribution in [0.4, 0.5) is 0 Å². The average molecular weight is 267 g/mol. The van der Waals surface area contributed by atoms with Gasteiger partial charge in [0.1, 0.15) is 0 Å². The van der Waals surface area contributed by atoms with Crippen LogP contribution in [0.2, 0.25) is 0 Å². The zero-order valence-corrected chi connectivity index (χ0v) is 12.1. The molecule has 5 nitrogen and oxygen atoms in total. The second-order valence-electron chi connectivity index (χ2n) is 6.71. The standard InChI is InChI=1S/C14H25N3O2/c1-13(2)9-4-5-14(13,3)10(6-9)17-12(19)8-16-11(18)7-15/h9-10H,4-8,15H2,1-3H3,(H,16,18)(H,17,19). The molecule has 2 fully saturated rings. The molecule has 0 aromatic heterocycles. The van der Waals surface area contributed by atoms with Crippen LogP contribution >= 0.6 is 0 Å². The van der Waals surface area contributed by atoms with E-state index in [0.717, 1.165) is 6.42 Å². The van der Waals surface area contributed by atoms with Crippen molar-refractivity contribution >= 4 is 11.8 Å². The Balaban J connectivity index is 1.91. The van der Waals surface area contributed by atoms with Gasteiger partial charge < -0.3 is 16.4 Å². The fourth-order valence-electron chi connectivity index (χ4n) is 3.92. The first-order valence-electron chi connectivity index (χ1n) is 7.07. The molecule has 2 rings (SSSR count). The molecular weight excluding hydrogens is 242 g/mol. The maximum atomic E-state index is 11.9. The van der Waals surface area contributed by atoms with E-state index in [4.69, 9.17) is 5.73 Å². The molecule has 0 heterocycles. The Kier molecular flexibility index (Phi) is 3.60. The van der Waals surface area contributed by atoms with Gasteiger partial charge >= 0.3 is 0 Å². The lowest BCUT2D eigenvalue weighted by Crippen LogP contribution is -2.49. The molecule has 0 spiro atoms. The molecule has 0 saturated heterocycles. The van der Waals surface area contributed by atoms with Crippen molar-refractivity contribution in [3.63, 3.8) is 0 Å². The maximum Gasteiger partial charge on any atom is 0.239 e. The summed E-state index contributed by atoms with van der Waals surface area (Å²) in [4.78, 5) is 22.9. The predicted molar refractivity (Wildman–Crippen MR) is 73.2 cm³/mol. The molecule has 4 N–H and O–H groups in total. The normalized spacial score (nSPS) is 35.2. The van der Waals surface area contributed by atoms with E-state index in [1.54, 1.807) is 0 Å². The van der Waals surface area contributed by atoms with Crippen LogP contribution in [0.25, 0.3) is 0 Å². The Labute approximate surface area is 114 Å². The Hall–Kier alpha value is -1.10. The molecule has 19 heavy (non-hydrogen) atoms. The van der Waals surface area contributed by atoms with Gasteiger partial charge in [0.25, 0.3) is 0 Å². The summed E-state index contributed by atoms with van der Waals surface area (Å²) in [6.45, 7) is 6.85. The number of fused-ring (bicyclic) bond motifs is 2. The van der Waals surface area contributed by atoms with Crippen molar-refractivity contribution in [2.45, 2.75) is 46.1 Å². The third-order valence-electron chi connectivity index (χ3n) is 5.76. The van der Waals surface area contributed by atoms with E-state index in [2.05, 4.69) is 31.4 Å². The summed E-state index contributed by atoms with van der Waals surface area (Å²) in [7, 11) is 0. The van der Waals surface area contributed by atoms with E-state index < -0.39 is 0 Å². The highest BCUT2D eigenvalue weighted by atomic mass is 16.2. The number of hydrogen-bond donors (Lipinski definition) is 3. The molecular formula is C14H25N3O2. The van der Waals surface area contributed by atoms with E-state index >= 15 is 0 Å². The minimum atomic E-state index is -0.297. The monoisotopic (exact) mass is 267 g/mol. The highest BCUT2D eigenvalue weighted by molar-refractivity contribution is 5.85. The lowest BCUT2D eigenvalue weighted by atomic mass is 9.69. The van der Waals surface area contributed by atoms with Crippen LogP contribution in [0.3, 0.4) is 0 Å². The van der Waals surface area contributed by atoms with Gasteiger partial charge in [0.05, 0.1) is 13.1 Å². The smallest absolute Gasteiger partial charge is 0.239 e. The van der Waals surface area contributed by atoms with Crippen molar-refractivity contribution in [1.82, 2.24) is 10.6 Å². The first kappa shape index (κ1) is 14.3. The number of carbonyl (C=O) groups excluding carboxylic acids is 2. The van der Waals surface area contributed by atoms with Crippen molar-refractivity contribution in [1.29, 1.82) is 0 Å². The Morgan fingerprint density at radius 2 is 1.95 bits per heavy atom. The van der Waals surface area contributed by atoms with Gasteiger partial charge in [-0.25, -0.2) is 0 Å². The molecule has 2 amide bonds. The second kappa shape index (κ2) is 4.78. The van der Waals surface area contributed by atoms with E-state index in [-0.39, 0.29) is 41.8 Å². The molecule has 3 atom stereocenters. The number of hydrogen-bond acceptors (Lipinski definition) is 3. The molecule has 2 aliphatic rings. The van der Waals surface area contributed by atoms with Gasteiger partial charge in [0.2, 0.25) is 11.8 Å². The summed E-state index contributed by atoms with van der Waals surface area (Å²) in [6.07, 6.45) is 3.49. The first-order chi connectivity index (χ1) is 8.81. The van der Waals surface area contributed by atoms with Crippen molar-refractivity contribution in [3.8, 4) is 0 Å². The molecule has 108 valence electrons. The van der Waals surface area contributed by atoms with E-state index in [9.17, 15) is 9.59 Å². The highest BCUT2D eigenvalue weighted by Gasteiger charge is 2.61. The second-order valence-corrected chi connectivity index (χ2v) is 6.71. The molecule has 5 heteroatoms. The van der Waals surface area contributed by atoms with Gasteiger partial charge in [-0.1, -0.05) is 20.8 Å². The first-order valence-corrected chi connectivity index (χ1v) is 7.07. The SMILES string of the molecule is CC1(C)C2CCC1(C)C(NC(=O)CNC(=O)CN)C2. The van der Waals surface area contributed by atoms with Gasteiger partial charge in [-0.2, -0.15) is 0 Å². The van der Waals surface area contributed by atoms with E-state index in [1.807, 2.05) is 0 Å². The third-order valence-corrected chi connectivity index (χ3v) is 5.76. The van der Waals surface area contributed by atoms with Crippen LogP contribution in [0.5, 0.6) is 0 Å². The minimum Gasteiger partial charge on any atom is -0.351 e. The number of nitrogens with one attached hydrogen (secondary N) is 2. The summed E-state index contributed by atoms with van der Waals surface area (Å²) in [5.41, 5.74) is 5.64. The number of carbonyl (C=O) groups is 2. The number of rotatable bonds is 4. The maximum absolute atomic E-state index is 11.9. The van der Waals surface area contributed by atoms with E-state index in [0.29, 0.717) is 5.92 Å². The minimum absolute atomic E-state index is 0.0215. The lowest BCUT2D eigenvalue weighted by Gasteiger charge is -2.39. The van der Waals surface area contributed by atoms with E-state index in [1.165, 1.54) is 12.8 Å². The quantitative estimate of drug-likeness (QED) is 0.689. The predicted octanol–water partition coefficient (Wildman–Crippen LogP) is 0.392. The van der Waals surface area contributed by atoms with Crippen molar-refractivity contribution < 1.29 is 9.59 Å².